The van der Waals surface area contributed by atoms with Crippen LogP contribution in [0.15, 0.2) is 23.5 Å². The molecule has 0 aliphatic carbocycles. The van der Waals surface area contributed by atoms with Crippen molar-refractivity contribution in [1.29, 1.82) is 0 Å². The molecule has 1 aromatic carbocycles. The normalized spacial score (nSPS) is 11.9. The molecule has 27 heavy (non-hydrogen) atoms. The lowest BCUT2D eigenvalue weighted by molar-refractivity contribution is -0.695. The third-order valence-corrected chi connectivity index (χ3v) is 2.81. The van der Waals surface area contributed by atoms with Crippen LogP contribution in [0.4, 0.5) is 16.2 Å². The predicted octanol–water partition coefficient (Wildman–Crippen LogP) is 3.32. The van der Waals surface area contributed by atoms with Crippen LogP contribution in [0.5, 0.6) is 5.75 Å². The molecule has 13 heteroatoms. The smallest absolute Gasteiger partial charge is 0.467 e. The van der Waals surface area contributed by atoms with Gasteiger partial charge in [-0.3, -0.25) is 25.1 Å². The number of carbonyl (C=O) groups is 1. The average molecular weight is 385 g/mol. The van der Waals surface area contributed by atoms with Crippen molar-refractivity contribution < 1.29 is 29.2 Å². The zero-order valence-corrected chi connectivity index (χ0v) is 15.3. The number of nitro groups is 2. The number of benzene rings is 1. The summed E-state index contributed by atoms with van der Waals surface area (Å²) in [5.41, 5.74) is -2.18. The average Bonchev–Trinajstić information content (AvgIpc) is 2.50. The van der Waals surface area contributed by atoms with E-state index in [-0.39, 0.29) is 4.97 Å². The van der Waals surface area contributed by atoms with Gasteiger partial charge in [0.05, 0.1) is 26.9 Å². The number of nitro benzene ring substituents is 2. The number of hydrazine groups is 1. The monoisotopic (exact) mass is 385 g/mol. The van der Waals surface area contributed by atoms with Gasteiger partial charge in [-0.25, -0.2) is 4.79 Å². The lowest BCUT2D eigenvalue weighted by atomic mass is 10.2. The van der Waals surface area contributed by atoms with E-state index in [4.69, 9.17) is 9.57 Å². The SMILES string of the molecule is CC(C)N(C(=O)OC(C)(C)C)/[N+]([O-])=N\Oc1ccc([N+](=O)[O-])cc1[N+](=O)[O-]. The Kier molecular flexibility index (Phi) is 6.58. The van der Waals surface area contributed by atoms with Crippen molar-refractivity contribution in [2.24, 2.45) is 5.28 Å². The van der Waals surface area contributed by atoms with E-state index >= 15 is 0 Å². The molecular weight excluding hydrogens is 366 g/mol. The molecule has 0 unspecified atom stereocenters. The molecule has 148 valence electrons. The van der Waals surface area contributed by atoms with Gasteiger partial charge in [0, 0.05) is 6.07 Å². The first kappa shape index (κ1) is 21.5. The summed E-state index contributed by atoms with van der Waals surface area (Å²) in [6.45, 7) is 7.84. The molecule has 13 nitrogen and oxygen atoms in total. The maximum atomic E-state index is 12.1. The summed E-state index contributed by atoms with van der Waals surface area (Å²) in [6.07, 6.45) is -1.00. The number of non-ortho nitro benzene ring substituents is 1. The number of hydrogen-bond acceptors (Lipinski definition) is 9. The first-order chi connectivity index (χ1) is 12.3. The number of nitrogens with zero attached hydrogens (tertiary/aromatic N) is 5. The molecule has 0 fully saturated rings. The molecule has 0 heterocycles. The summed E-state index contributed by atoms with van der Waals surface area (Å²) in [6, 6.07) is 1.85. The summed E-state index contributed by atoms with van der Waals surface area (Å²) in [7, 11) is 0. The number of rotatable bonds is 6. The van der Waals surface area contributed by atoms with Gasteiger partial charge >= 0.3 is 11.8 Å². The van der Waals surface area contributed by atoms with E-state index in [1.165, 1.54) is 13.8 Å². The Labute approximate surface area is 153 Å². The maximum absolute atomic E-state index is 12.1. The summed E-state index contributed by atoms with van der Waals surface area (Å²) in [5.74, 6) is -0.514. The zero-order valence-electron chi connectivity index (χ0n) is 15.3. The second kappa shape index (κ2) is 8.25. The van der Waals surface area contributed by atoms with Crippen molar-refractivity contribution in [3.8, 4) is 5.75 Å². The molecule has 0 aromatic heterocycles. The molecule has 0 saturated carbocycles. The molecule has 1 rings (SSSR count). The van der Waals surface area contributed by atoms with Gasteiger partial charge in [0.1, 0.15) is 5.60 Å². The van der Waals surface area contributed by atoms with Gasteiger partial charge in [0.15, 0.2) is 0 Å². The lowest BCUT2D eigenvalue weighted by Crippen LogP contribution is -2.45. The topological polar surface area (TPSA) is 163 Å². The Bertz CT molecular complexity index is 771. The van der Waals surface area contributed by atoms with E-state index in [0.29, 0.717) is 11.1 Å². The van der Waals surface area contributed by atoms with Crippen LogP contribution in [0, 0.1) is 25.4 Å². The minimum absolute atomic E-state index is 0.218. The maximum Gasteiger partial charge on any atom is 0.467 e. The van der Waals surface area contributed by atoms with Gasteiger partial charge in [-0.1, -0.05) is 0 Å². The van der Waals surface area contributed by atoms with E-state index < -0.39 is 44.7 Å². The van der Waals surface area contributed by atoms with Crippen molar-refractivity contribution in [3.63, 3.8) is 0 Å². The largest absolute Gasteiger partial charge is 0.568 e. The Hall–Kier alpha value is -3.51. The van der Waals surface area contributed by atoms with Crippen LogP contribution in [0.1, 0.15) is 34.6 Å². The van der Waals surface area contributed by atoms with E-state index in [9.17, 15) is 30.2 Å². The third-order valence-electron chi connectivity index (χ3n) is 2.81. The Morgan fingerprint density at radius 3 is 2.19 bits per heavy atom. The van der Waals surface area contributed by atoms with Gasteiger partial charge in [-0.15, -0.1) is 0 Å². The van der Waals surface area contributed by atoms with Gasteiger partial charge in [-0.05, 0) is 45.7 Å². The summed E-state index contributed by atoms with van der Waals surface area (Å²) >= 11 is 0. The molecule has 0 atom stereocenters. The van der Waals surface area contributed by atoms with Crippen molar-refractivity contribution in [1.82, 2.24) is 5.01 Å². The molecule has 0 bridgehead atoms. The Balaban J connectivity index is 3.13. The van der Waals surface area contributed by atoms with Crippen LogP contribution >= 0.6 is 0 Å². The zero-order chi connectivity index (χ0) is 20.9. The minimum atomic E-state index is -1.00. The highest BCUT2D eigenvalue weighted by Gasteiger charge is 2.32. The molecule has 0 radical (unpaired) electrons. The fraction of sp³-hybridized carbons (Fsp3) is 0.500. The fourth-order valence-electron chi connectivity index (χ4n) is 1.74. The highest BCUT2D eigenvalue weighted by Crippen LogP contribution is 2.31. The van der Waals surface area contributed by atoms with Gasteiger partial charge in [0.25, 0.3) is 5.69 Å². The Morgan fingerprint density at radius 1 is 1.15 bits per heavy atom. The van der Waals surface area contributed by atoms with Crippen LogP contribution in [0.3, 0.4) is 0 Å². The molecule has 0 spiro atoms. The number of ether oxygens (including phenoxy) is 1. The van der Waals surface area contributed by atoms with Crippen LogP contribution < -0.4 is 4.84 Å². The lowest BCUT2D eigenvalue weighted by Gasteiger charge is -2.24. The second-order valence-corrected chi connectivity index (χ2v) is 6.51. The van der Waals surface area contributed by atoms with E-state index in [0.717, 1.165) is 12.1 Å². The van der Waals surface area contributed by atoms with Crippen molar-refractivity contribution >= 4 is 17.5 Å². The standard InChI is InChI=1S/C14H19N5O8/c1-9(2)16(13(20)26-14(3,4)5)19(25)15-27-12-7-6-10(17(21)22)8-11(12)18(23)24/h6-9H,1-5H3/b19-15+. The quantitative estimate of drug-likeness (QED) is 0.311. The van der Waals surface area contributed by atoms with E-state index in [2.05, 4.69) is 5.28 Å². The van der Waals surface area contributed by atoms with Crippen LogP contribution in [0.25, 0.3) is 0 Å². The van der Waals surface area contributed by atoms with Gasteiger partial charge in [0.2, 0.25) is 11.0 Å². The molecular formula is C14H19N5O8. The fourth-order valence-corrected chi connectivity index (χ4v) is 1.74. The number of carbonyl (C=O) groups excluding carboxylic acids is 1. The second-order valence-electron chi connectivity index (χ2n) is 6.51. The molecule has 0 saturated heterocycles. The summed E-state index contributed by atoms with van der Waals surface area (Å²) in [5, 5.41) is 37.6. The first-order valence-electron chi connectivity index (χ1n) is 7.63. The third kappa shape index (κ3) is 6.05. The molecule has 0 aliphatic rings. The van der Waals surface area contributed by atoms with Crippen molar-refractivity contribution in [3.05, 3.63) is 43.6 Å². The number of hydrogen-bond donors (Lipinski definition) is 0. The van der Waals surface area contributed by atoms with E-state index in [1.54, 1.807) is 20.8 Å². The molecule has 0 aliphatic heterocycles. The number of amides is 1. The predicted molar refractivity (Wildman–Crippen MR) is 89.6 cm³/mol. The van der Waals surface area contributed by atoms with Gasteiger partial charge in [-0.2, -0.15) is 0 Å². The van der Waals surface area contributed by atoms with Gasteiger partial charge < -0.3 is 9.94 Å². The minimum Gasteiger partial charge on any atom is -0.568 e. The van der Waals surface area contributed by atoms with Crippen molar-refractivity contribution in [2.75, 3.05) is 0 Å². The van der Waals surface area contributed by atoms with Crippen LogP contribution in [-0.2, 0) is 4.74 Å². The highest BCUT2D eigenvalue weighted by molar-refractivity contribution is 5.66. The van der Waals surface area contributed by atoms with Crippen molar-refractivity contribution in [2.45, 2.75) is 46.3 Å². The molecule has 1 aromatic rings. The van der Waals surface area contributed by atoms with Crippen LogP contribution in [0.2, 0.25) is 0 Å². The molecule has 0 N–H and O–H groups in total. The summed E-state index contributed by atoms with van der Waals surface area (Å²) in [4.78, 5) is 36.6. The van der Waals surface area contributed by atoms with E-state index in [1.807, 2.05) is 0 Å². The van der Waals surface area contributed by atoms with Crippen LogP contribution in [-0.4, -0.2) is 37.6 Å². The first-order valence-corrected chi connectivity index (χ1v) is 7.63. The summed E-state index contributed by atoms with van der Waals surface area (Å²) < 4.78 is 5.08. The Morgan fingerprint density at radius 2 is 1.74 bits per heavy atom. The molecule has 1 amide bonds. The highest BCUT2D eigenvalue weighted by atomic mass is 16.7.